The van der Waals surface area contributed by atoms with Crippen molar-refractivity contribution < 1.29 is 9.90 Å². The molecule has 1 aromatic carbocycles. The third kappa shape index (κ3) is 2.25. The van der Waals surface area contributed by atoms with E-state index in [2.05, 4.69) is 9.88 Å². The predicted octanol–water partition coefficient (Wildman–Crippen LogP) is 0.265. The van der Waals surface area contributed by atoms with Crippen molar-refractivity contribution in [2.75, 3.05) is 20.1 Å². The number of carboxylic acids is 1. The van der Waals surface area contributed by atoms with Gasteiger partial charge >= 0.3 is 17.1 Å². The molecule has 7 heteroatoms. The molecule has 0 bridgehead atoms. The van der Waals surface area contributed by atoms with Gasteiger partial charge in [-0.1, -0.05) is 0 Å². The molecule has 21 heavy (non-hydrogen) atoms. The van der Waals surface area contributed by atoms with E-state index in [0.717, 1.165) is 13.0 Å². The summed E-state index contributed by atoms with van der Waals surface area (Å²) in [5.41, 5.74) is -0.293. The molecular weight excluding hydrogens is 274 g/mol. The van der Waals surface area contributed by atoms with Gasteiger partial charge in [0, 0.05) is 6.54 Å². The Kier molecular flexibility index (Phi) is 3.13. The van der Waals surface area contributed by atoms with Crippen LogP contribution in [0.5, 0.6) is 0 Å². The van der Waals surface area contributed by atoms with Gasteiger partial charge in [0.2, 0.25) is 0 Å². The van der Waals surface area contributed by atoms with E-state index in [0.29, 0.717) is 17.6 Å². The van der Waals surface area contributed by atoms with Crippen molar-refractivity contribution in [2.45, 2.75) is 12.5 Å². The lowest BCUT2D eigenvalue weighted by Gasteiger charge is -2.16. The SMILES string of the molecule is CN1CCC(n2c(=O)c(=O)[nH]c3ccc(C(=O)O)cc32)C1. The van der Waals surface area contributed by atoms with Crippen LogP contribution in [0.4, 0.5) is 0 Å². The Labute approximate surface area is 119 Å². The maximum Gasteiger partial charge on any atom is 0.335 e. The second kappa shape index (κ2) is 4.85. The molecule has 110 valence electrons. The van der Waals surface area contributed by atoms with Crippen molar-refractivity contribution in [3.05, 3.63) is 44.5 Å². The number of nitrogens with zero attached hydrogens (tertiary/aromatic N) is 2. The molecule has 1 aliphatic rings. The lowest BCUT2D eigenvalue weighted by atomic mass is 10.1. The highest BCUT2D eigenvalue weighted by molar-refractivity contribution is 5.92. The fraction of sp³-hybridized carbons (Fsp3) is 0.357. The van der Waals surface area contributed by atoms with E-state index in [1.807, 2.05) is 7.05 Å². The molecule has 1 atom stereocenters. The zero-order valence-electron chi connectivity index (χ0n) is 11.5. The lowest BCUT2D eigenvalue weighted by Crippen LogP contribution is -2.39. The topological polar surface area (TPSA) is 95.4 Å². The fourth-order valence-electron chi connectivity index (χ4n) is 2.85. The van der Waals surface area contributed by atoms with Crippen LogP contribution in [-0.4, -0.2) is 45.7 Å². The number of hydrogen-bond donors (Lipinski definition) is 2. The Balaban J connectivity index is 2.31. The van der Waals surface area contributed by atoms with Crippen molar-refractivity contribution in [3.63, 3.8) is 0 Å². The van der Waals surface area contributed by atoms with Crippen LogP contribution in [0.15, 0.2) is 27.8 Å². The number of H-pyrrole nitrogens is 1. The third-order valence-corrected chi connectivity index (χ3v) is 3.90. The molecule has 1 aromatic heterocycles. The summed E-state index contributed by atoms with van der Waals surface area (Å²) in [6.07, 6.45) is 0.756. The van der Waals surface area contributed by atoms with Crippen LogP contribution < -0.4 is 11.1 Å². The number of likely N-dealkylation sites (N-methyl/N-ethyl adjacent to an activating group) is 1. The number of hydrogen-bond acceptors (Lipinski definition) is 4. The number of rotatable bonds is 2. The normalized spacial score (nSPS) is 19.2. The number of aromatic nitrogens is 2. The molecule has 0 amide bonds. The van der Waals surface area contributed by atoms with Crippen molar-refractivity contribution in [3.8, 4) is 0 Å². The number of nitrogens with one attached hydrogen (secondary N) is 1. The molecule has 0 spiro atoms. The van der Waals surface area contributed by atoms with E-state index in [1.54, 1.807) is 0 Å². The number of carboxylic acid groups (broad SMARTS) is 1. The van der Waals surface area contributed by atoms with Gasteiger partial charge < -0.3 is 15.0 Å². The molecule has 2 aromatic rings. The number of aromatic amines is 1. The monoisotopic (exact) mass is 289 g/mol. The minimum Gasteiger partial charge on any atom is -0.478 e. The van der Waals surface area contributed by atoms with Crippen LogP contribution in [0.25, 0.3) is 11.0 Å². The second-order valence-corrected chi connectivity index (χ2v) is 5.37. The van der Waals surface area contributed by atoms with Gasteiger partial charge in [-0.2, -0.15) is 0 Å². The minimum atomic E-state index is -1.06. The van der Waals surface area contributed by atoms with Gasteiger partial charge in [0.1, 0.15) is 0 Å². The van der Waals surface area contributed by atoms with E-state index in [4.69, 9.17) is 5.11 Å². The molecule has 1 aliphatic heterocycles. The van der Waals surface area contributed by atoms with Crippen molar-refractivity contribution >= 4 is 17.0 Å². The summed E-state index contributed by atoms with van der Waals surface area (Å²) < 4.78 is 1.43. The zero-order chi connectivity index (χ0) is 15.1. The average molecular weight is 289 g/mol. The van der Waals surface area contributed by atoms with E-state index in [9.17, 15) is 14.4 Å². The summed E-state index contributed by atoms with van der Waals surface area (Å²) >= 11 is 0. The second-order valence-electron chi connectivity index (χ2n) is 5.37. The summed E-state index contributed by atoms with van der Waals surface area (Å²) in [6.45, 7) is 1.50. The Morgan fingerprint density at radius 2 is 2.14 bits per heavy atom. The Bertz CT molecular complexity index is 836. The number of benzene rings is 1. The van der Waals surface area contributed by atoms with Crippen molar-refractivity contribution in [1.29, 1.82) is 0 Å². The van der Waals surface area contributed by atoms with Crippen LogP contribution >= 0.6 is 0 Å². The van der Waals surface area contributed by atoms with Gasteiger partial charge in [-0.3, -0.25) is 14.2 Å². The van der Waals surface area contributed by atoms with E-state index in [-0.39, 0.29) is 11.6 Å². The molecule has 1 saturated heterocycles. The van der Waals surface area contributed by atoms with Gasteiger partial charge in [-0.05, 0) is 38.2 Å². The van der Waals surface area contributed by atoms with E-state index in [1.165, 1.54) is 22.8 Å². The van der Waals surface area contributed by atoms with Gasteiger partial charge in [0.15, 0.2) is 0 Å². The maximum atomic E-state index is 12.2. The molecule has 1 fully saturated rings. The summed E-state index contributed by atoms with van der Waals surface area (Å²) in [6, 6.07) is 4.26. The highest BCUT2D eigenvalue weighted by atomic mass is 16.4. The molecule has 3 rings (SSSR count). The average Bonchev–Trinajstić information content (AvgIpc) is 2.86. The quantitative estimate of drug-likeness (QED) is 0.773. The lowest BCUT2D eigenvalue weighted by molar-refractivity contribution is 0.0697. The van der Waals surface area contributed by atoms with Gasteiger partial charge in [0.05, 0.1) is 22.6 Å². The third-order valence-electron chi connectivity index (χ3n) is 3.90. The van der Waals surface area contributed by atoms with Gasteiger partial charge in [0.25, 0.3) is 0 Å². The van der Waals surface area contributed by atoms with E-state index >= 15 is 0 Å². The molecular formula is C14H15N3O4. The van der Waals surface area contributed by atoms with Crippen LogP contribution in [0, 0.1) is 0 Å². The number of aromatic carboxylic acids is 1. The Morgan fingerprint density at radius 1 is 1.38 bits per heavy atom. The zero-order valence-corrected chi connectivity index (χ0v) is 11.5. The molecule has 1 unspecified atom stereocenters. The first kappa shape index (κ1) is 13.6. The summed E-state index contributed by atoms with van der Waals surface area (Å²) in [4.78, 5) is 39.7. The first-order valence-corrected chi connectivity index (χ1v) is 6.68. The molecule has 0 saturated carbocycles. The fourth-order valence-corrected chi connectivity index (χ4v) is 2.85. The smallest absolute Gasteiger partial charge is 0.335 e. The van der Waals surface area contributed by atoms with Gasteiger partial charge in [-0.15, -0.1) is 0 Å². The summed E-state index contributed by atoms with van der Waals surface area (Å²) in [5.74, 6) is -1.06. The molecule has 0 radical (unpaired) electrons. The predicted molar refractivity (Wildman–Crippen MR) is 76.9 cm³/mol. The van der Waals surface area contributed by atoms with Gasteiger partial charge in [-0.25, -0.2) is 4.79 Å². The van der Waals surface area contributed by atoms with Crippen LogP contribution in [0.2, 0.25) is 0 Å². The van der Waals surface area contributed by atoms with E-state index < -0.39 is 17.1 Å². The molecule has 2 heterocycles. The van der Waals surface area contributed by atoms with Crippen LogP contribution in [-0.2, 0) is 0 Å². The first-order valence-electron chi connectivity index (χ1n) is 6.68. The number of fused-ring (bicyclic) bond motifs is 1. The van der Waals surface area contributed by atoms with Crippen LogP contribution in [0.1, 0.15) is 22.8 Å². The van der Waals surface area contributed by atoms with Crippen molar-refractivity contribution in [1.82, 2.24) is 14.5 Å². The summed E-state index contributed by atoms with van der Waals surface area (Å²) in [7, 11) is 1.95. The standard InChI is InChI=1S/C14H15N3O4/c1-16-5-4-9(7-16)17-11-6-8(14(20)21)2-3-10(11)15-12(18)13(17)19/h2-3,6,9H,4-5,7H2,1H3,(H,15,18)(H,20,21). The number of carbonyl (C=O) groups is 1. The first-order chi connectivity index (χ1) is 9.97. The van der Waals surface area contributed by atoms with Crippen LogP contribution in [0.3, 0.4) is 0 Å². The highest BCUT2D eigenvalue weighted by Gasteiger charge is 2.24. The summed E-state index contributed by atoms with van der Waals surface area (Å²) in [5, 5.41) is 9.10. The maximum absolute atomic E-state index is 12.2. The number of likely N-dealkylation sites (tertiary alicyclic amines) is 1. The molecule has 0 aliphatic carbocycles. The highest BCUT2D eigenvalue weighted by Crippen LogP contribution is 2.22. The van der Waals surface area contributed by atoms with Crippen molar-refractivity contribution in [2.24, 2.45) is 0 Å². The molecule has 7 nitrogen and oxygen atoms in total. The Morgan fingerprint density at radius 3 is 2.76 bits per heavy atom. The molecule has 2 N–H and O–H groups in total. The largest absolute Gasteiger partial charge is 0.478 e. The Hall–Kier alpha value is -2.41. The minimum absolute atomic E-state index is 0.0917.